The SMILES string of the molecule is C=C(CN1CCCCC1)c1ccc(OC)c(CC)c1. The number of aryl methyl sites for hydroxylation is 1. The first-order chi connectivity index (χ1) is 9.24. The van der Waals surface area contributed by atoms with Gasteiger partial charge in [-0.1, -0.05) is 26.0 Å². The largest absolute Gasteiger partial charge is 0.496 e. The van der Waals surface area contributed by atoms with E-state index in [1.54, 1.807) is 7.11 Å². The highest BCUT2D eigenvalue weighted by Crippen LogP contribution is 2.24. The predicted octanol–water partition coefficient (Wildman–Crippen LogP) is 3.76. The molecule has 0 spiro atoms. The Bertz CT molecular complexity index is 433. The molecule has 0 N–H and O–H groups in total. The van der Waals surface area contributed by atoms with Gasteiger partial charge in [0.15, 0.2) is 0 Å². The molecule has 19 heavy (non-hydrogen) atoms. The summed E-state index contributed by atoms with van der Waals surface area (Å²) >= 11 is 0. The zero-order chi connectivity index (χ0) is 13.7. The van der Waals surface area contributed by atoms with Crippen molar-refractivity contribution in [3.05, 3.63) is 35.9 Å². The molecule has 0 radical (unpaired) electrons. The van der Waals surface area contributed by atoms with Gasteiger partial charge in [-0.3, -0.25) is 4.90 Å². The molecule has 0 unspecified atom stereocenters. The van der Waals surface area contributed by atoms with Crippen molar-refractivity contribution in [2.24, 2.45) is 0 Å². The van der Waals surface area contributed by atoms with E-state index in [1.807, 2.05) is 0 Å². The second-order valence-electron chi connectivity index (χ2n) is 5.32. The summed E-state index contributed by atoms with van der Waals surface area (Å²) in [5.41, 5.74) is 3.74. The van der Waals surface area contributed by atoms with Gasteiger partial charge in [-0.15, -0.1) is 0 Å². The van der Waals surface area contributed by atoms with Crippen LogP contribution in [0.3, 0.4) is 0 Å². The molecule has 0 saturated carbocycles. The first-order valence-electron chi connectivity index (χ1n) is 7.32. The topological polar surface area (TPSA) is 12.5 Å². The Balaban J connectivity index is 2.05. The number of likely N-dealkylation sites (tertiary alicyclic amines) is 1. The van der Waals surface area contributed by atoms with Gasteiger partial charge in [-0.2, -0.15) is 0 Å². The van der Waals surface area contributed by atoms with Crippen LogP contribution < -0.4 is 4.74 Å². The molecular weight excluding hydrogens is 234 g/mol. The van der Waals surface area contributed by atoms with Gasteiger partial charge in [0.2, 0.25) is 0 Å². The number of methoxy groups -OCH3 is 1. The summed E-state index contributed by atoms with van der Waals surface area (Å²) < 4.78 is 5.38. The highest BCUT2D eigenvalue weighted by Gasteiger charge is 2.12. The lowest BCUT2D eigenvalue weighted by Crippen LogP contribution is -2.30. The summed E-state index contributed by atoms with van der Waals surface area (Å²) in [6, 6.07) is 6.42. The van der Waals surface area contributed by atoms with Crippen LogP contribution in [-0.4, -0.2) is 31.6 Å². The number of hydrogen-bond acceptors (Lipinski definition) is 2. The second-order valence-corrected chi connectivity index (χ2v) is 5.32. The summed E-state index contributed by atoms with van der Waals surface area (Å²) in [6.45, 7) is 9.86. The number of rotatable bonds is 5. The molecule has 1 fully saturated rings. The normalized spacial score (nSPS) is 16.3. The van der Waals surface area contributed by atoms with Gasteiger partial charge in [0, 0.05) is 6.54 Å². The molecule has 0 bridgehead atoms. The fourth-order valence-corrected chi connectivity index (χ4v) is 2.75. The van der Waals surface area contributed by atoms with Gasteiger partial charge in [0.25, 0.3) is 0 Å². The molecule has 2 rings (SSSR count). The minimum atomic E-state index is 0.983. The van der Waals surface area contributed by atoms with E-state index in [2.05, 4.69) is 36.6 Å². The highest BCUT2D eigenvalue weighted by atomic mass is 16.5. The van der Waals surface area contributed by atoms with Crippen molar-refractivity contribution in [1.29, 1.82) is 0 Å². The fourth-order valence-electron chi connectivity index (χ4n) is 2.75. The Hall–Kier alpha value is -1.28. The van der Waals surface area contributed by atoms with Crippen LogP contribution in [0.15, 0.2) is 24.8 Å². The molecule has 1 aromatic carbocycles. The van der Waals surface area contributed by atoms with Crippen LogP contribution in [-0.2, 0) is 6.42 Å². The molecule has 1 saturated heterocycles. The summed E-state index contributed by atoms with van der Waals surface area (Å²) in [5, 5.41) is 0. The minimum Gasteiger partial charge on any atom is -0.496 e. The zero-order valence-corrected chi connectivity index (χ0v) is 12.2. The lowest BCUT2D eigenvalue weighted by Gasteiger charge is -2.27. The molecular formula is C17H25NO. The van der Waals surface area contributed by atoms with Gasteiger partial charge >= 0.3 is 0 Å². The van der Waals surface area contributed by atoms with Crippen LogP contribution in [0, 0.1) is 0 Å². The van der Waals surface area contributed by atoms with Gasteiger partial charge in [-0.05, 0) is 61.2 Å². The van der Waals surface area contributed by atoms with Crippen molar-refractivity contribution < 1.29 is 4.74 Å². The van der Waals surface area contributed by atoms with Crippen LogP contribution in [0.4, 0.5) is 0 Å². The molecule has 2 heteroatoms. The van der Waals surface area contributed by atoms with E-state index in [0.717, 1.165) is 18.7 Å². The Morgan fingerprint density at radius 3 is 2.63 bits per heavy atom. The fraction of sp³-hybridized carbons (Fsp3) is 0.529. The van der Waals surface area contributed by atoms with E-state index >= 15 is 0 Å². The summed E-state index contributed by atoms with van der Waals surface area (Å²) in [6.07, 6.45) is 5.03. The Morgan fingerprint density at radius 2 is 2.00 bits per heavy atom. The molecule has 1 aliphatic rings. The van der Waals surface area contributed by atoms with E-state index in [4.69, 9.17) is 4.74 Å². The lowest BCUT2D eigenvalue weighted by atomic mass is 10.0. The molecule has 1 aliphatic heterocycles. The maximum absolute atomic E-state index is 5.38. The van der Waals surface area contributed by atoms with E-state index in [-0.39, 0.29) is 0 Å². The van der Waals surface area contributed by atoms with Crippen LogP contribution >= 0.6 is 0 Å². The molecule has 1 aromatic rings. The van der Waals surface area contributed by atoms with Crippen molar-refractivity contribution >= 4 is 5.57 Å². The monoisotopic (exact) mass is 259 g/mol. The summed E-state index contributed by atoms with van der Waals surface area (Å²) in [4.78, 5) is 2.52. The number of hydrogen-bond donors (Lipinski definition) is 0. The number of piperidine rings is 1. The molecule has 1 heterocycles. The molecule has 0 aliphatic carbocycles. The highest BCUT2D eigenvalue weighted by molar-refractivity contribution is 5.66. The van der Waals surface area contributed by atoms with Crippen LogP contribution in [0.2, 0.25) is 0 Å². The molecule has 2 nitrogen and oxygen atoms in total. The smallest absolute Gasteiger partial charge is 0.122 e. The van der Waals surface area contributed by atoms with E-state index in [0.29, 0.717) is 0 Å². The summed E-state index contributed by atoms with van der Waals surface area (Å²) in [5.74, 6) is 0.983. The molecule has 0 aromatic heterocycles. The standard InChI is InChI=1S/C17H25NO/c1-4-15-12-16(8-9-17(15)19-3)14(2)13-18-10-6-5-7-11-18/h8-9,12H,2,4-7,10-11,13H2,1,3H3. The quantitative estimate of drug-likeness (QED) is 0.798. The van der Waals surface area contributed by atoms with Crippen LogP contribution in [0.5, 0.6) is 5.75 Å². The second kappa shape index (κ2) is 6.76. The zero-order valence-electron chi connectivity index (χ0n) is 12.2. The van der Waals surface area contributed by atoms with Crippen molar-refractivity contribution in [3.63, 3.8) is 0 Å². The summed E-state index contributed by atoms with van der Waals surface area (Å²) in [7, 11) is 1.73. The Kier molecular flexibility index (Phi) is 5.03. The Labute approximate surface area is 117 Å². The van der Waals surface area contributed by atoms with Gasteiger partial charge in [0.05, 0.1) is 7.11 Å². The first kappa shape index (κ1) is 14.1. The third-order valence-corrected chi connectivity index (χ3v) is 3.93. The van der Waals surface area contributed by atoms with Gasteiger partial charge in [0.1, 0.15) is 5.75 Å². The average molecular weight is 259 g/mol. The van der Waals surface area contributed by atoms with Crippen molar-refractivity contribution in [2.45, 2.75) is 32.6 Å². The number of nitrogens with zero attached hydrogens (tertiary/aromatic N) is 1. The van der Waals surface area contributed by atoms with Crippen molar-refractivity contribution in [1.82, 2.24) is 4.90 Å². The third kappa shape index (κ3) is 3.60. The minimum absolute atomic E-state index is 0.983. The van der Waals surface area contributed by atoms with E-state index in [1.165, 1.54) is 49.1 Å². The predicted molar refractivity (Wildman–Crippen MR) is 81.7 cm³/mol. The van der Waals surface area contributed by atoms with E-state index < -0.39 is 0 Å². The third-order valence-electron chi connectivity index (χ3n) is 3.93. The molecule has 0 atom stereocenters. The molecule has 104 valence electrons. The Morgan fingerprint density at radius 1 is 1.26 bits per heavy atom. The van der Waals surface area contributed by atoms with Crippen LogP contribution in [0.1, 0.15) is 37.3 Å². The van der Waals surface area contributed by atoms with E-state index in [9.17, 15) is 0 Å². The van der Waals surface area contributed by atoms with Crippen LogP contribution in [0.25, 0.3) is 5.57 Å². The van der Waals surface area contributed by atoms with Crippen molar-refractivity contribution in [3.8, 4) is 5.75 Å². The number of benzene rings is 1. The van der Waals surface area contributed by atoms with Gasteiger partial charge in [-0.25, -0.2) is 0 Å². The van der Waals surface area contributed by atoms with Crippen molar-refractivity contribution in [2.75, 3.05) is 26.7 Å². The molecule has 0 amide bonds. The average Bonchev–Trinajstić information content (AvgIpc) is 2.47. The lowest BCUT2D eigenvalue weighted by molar-refractivity contribution is 0.255. The maximum atomic E-state index is 5.38. The number of ether oxygens (including phenoxy) is 1. The maximum Gasteiger partial charge on any atom is 0.122 e. The first-order valence-corrected chi connectivity index (χ1v) is 7.32. The van der Waals surface area contributed by atoms with Gasteiger partial charge < -0.3 is 4.74 Å².